The Morgan fingerprint density at radius 1 is 1.03 bits per heavy atom. The van der Waals surface area contributed by atoms with Crippen molar-refractivity contribution in [2.24, 2.45) is 0 Å². The maximum Gasteiger partial charge on any atom is 0.280 e. The molecule has 1 aromatic heterocycles. The summed E-state index contributed by atoms with van der Waals surface area (Å²) in [4.78, 5) is 24.5. The smallest absolute Gasteiger partial charge is 0.280 e. The van der Waals surface area contributed by atoms with Crippen LogP contribution in [0.4, 0.5) is 0 Å². The van der Waals surface area contributed by atoms with Crippen LogP contribution in [0, 0.1) is 25.2 Å². The van der Waals surface area contributed by atoms with Gasteiger partial charge in [-0.05, 0) is 68.0 Å². The molecule has 2 N–H and O–H groups in total. The normalized spacial score (nSPS) is 10.8. The number of hydrazine groups is 1. The minimum Gasteiger partial charge on any atom is -0.497 e. The van der Waals surface area contributed by atoms with Crippen LogP contribution < -0.4 is 15.6 Å². The van der Waals surface area contributed by atoms with E-state index in [-0.39, 0.29) is 5.57 Å². The standard InChI is InChI=1S/C24H22N4O3/c1-16-13-19(17(2)28(16)21-9-11-22(31-3)12-10-21)14-20(15-25)24(30)27-26-23(29)18-7-5-4-6-8-18/h4-14H,1-3H3,(H,26,29)(H,27,30)/b20-14+. The maximum absolute atomic E-state index is 12.4. The highest BCUT2D eigenvalue weighted by molar-refractivity contribution is 6.03. The zero-order chi connectivity index (χ0) is 22.4. The van der Waals surface area contributed by atoms with Gasteiger partial charge in [0.1, 0.15) is 17.4 Å². The molecule has 0 saturated heterocycles. The molecule has 0 atom stereocenters. The van der Waals surface area contributed by atoms with Crippen molar-refractivity contribution in [3.05, 3.63) is 88.8 Å². The molecule has 0 spiro atoms. The van der Waals surface area contributed by atoms with E-state index in [0.717, 1.165) is 28.4 Å². The first-order valence-corrected chi connectivity index (χ1v) is 9.55. The first kappa shape index (κ1) is 21.4. The van der Waals surface area contributed by atoms with Crippen LogP contribution in [-0.2, 0) is 4.79 Å². The third-order valence-electron chi connectivity index (χ3n) is 4.79. The van der Waals surface area contributed by atoms with Crippen molar-refractivity contribution in [3.63, 3.8) is 0 Å². The summed E-state index contributed by atoms with van der Waals surface area (Å²) in [6.45, 7) is 3.86. The Bertz CT molecular complexity index is 1170. The number of nitrogens with zero attached hydrogens (tertiary/aromatic N) is 2. The molecular weight excluding hydrogens is 392 g/mol. The third kappa shape index (κ3) is 4.82. The second kappa shape index (κ2) is 9.46. The summed E-state index contributed by atoms with van der Waals surface area (Å²) < 4.78 is 7.23. The number of aryl methyl sites for hydroxylation is 1. The summed E-state index contributed by atoms with van der Waals surface area (Å²) >= 11 is 0. The predicted molar refractivity (Wildman–Crippen MR) is 117 cm³/mol. The van der Waals surface area contributed by atoms with E-state index in [0.29, 0.717) is 5.56 Å². The zero-order valence-electron chi connectivity index (χ0n) is 17.5. The van der Waals surface area contributed by atoms with E-state index in [1.54, 1.807) is 37.4 Å². The number of benzene rings is 2. The van der Waals surface area contributed by atoms with Crippen molar-refractivity contribution >= 4 is 17.9 Å². The summed E-state index contributed by atoms with van der Waals surface area (Å²) in [6, 6.07) is 19.9. The fourth-order valence-electron chi connectivity index (χ4n) is 3.21. The monoisotopic (exact) mass is 414 g/mol. The number of nitrogens with one attached hydrogen (secondary N) is 2. The lowest BCUT2D eigenvalue weighted by Gasteiger charge is -2.10. The van der Waals surface area contributed by atoms with Crippen molar-refractivity contribution in [2.45, 2.75) is 13.8 Å². The Hall–Kier alpha value is -4.31. The second-order valence-corrected chi connectivity index (χ2v) is 6.80. The fraction of sp³-hybridized carbons (Fsp3) is 0.125. The molecule has 0 radical (unpaired) electrons. The van der Waals surface area contributed by atoms with Crippen LogP contribution in [0.2, 0.25) is 0 Å². The molecule has 3 rings (SSSR count). The lowest BCUT2D eigenvalue weighted by molar-refractivity contribution is -0.117. The Balaban J connectivity index is 1.79. The number of nitriles is 1. The van der Waals surface area contributed by atoms with Gasteiger partial charge in [-0.1, -0.05) is 18.2 Å². The number of rotatable bonds is 5. The van der Waals surface area contributed by atoms with Gasteiger partial charge in [-0.3, -0.25) is 20.4 Å². The van der Waals surface area contributed by atoms with Gasteiger partial charge in [0, 0.05) is 22.6 Å². The van der Waals surface area contributed by atoms with Crippen molar-refractivity contribution in [3.8, 4) is 17.5 Å². The van der Waals surface area contributed by atoms with Crippen LogP contribution in [0.25, 0.3) is 11.8 Å². The van der Waals surface area contributed by atoms with E-state index in [4.69, 9.17) is 4.74 Å². The van der Waals surface area contributed by atoms with E-state index in [2.05, 4.69) is 10.9 Å². The van der Waals surface area contributed by atoms with E-state index in [9.17, 15) is 14.9 Å². The quantitative estimate of drug-likeness (QED) is 0.380. The topological polar surface area (TPSA) is 96.2 Å². The van der Waals surface area contributed by atoms with Crippen LogP contribution in [0.1, 0.15) is 27.3 Å². The van der Waals surface area contributed by atoms with Gasteiger partial charge in [-0.2, -0.15) is 5.26 Å². The largest absolute Gasteiger partial charge is 0.497 e. The van der Waals surface area contributed by atoms with E-state index in [1.165, 1.54) is 6.08 Å². The Morgan fingerprint density at radius 2 is 1.71 bits per heavy atom. The van der Waals surface area contributed by atoms with Gasteiger partial charge in [0.2, 0.25) is 0 Å². The van der Waals surface area contributed by atoms with Crippen molar-refractivity contribution < 1.29 is 14.3 Å². The summed E-state index contributed by atoms with van der Waals surface area (Å²) in [5.74, 6) is -0.405. The van der Waals surface area contributed by atoms with Crippen LogP contribution >= 0.6 is 0 Å². The highest BCUT2D eigenvalue weighted by atomic mass is 16.5. The van der Waals surface area contributed by atoms with Crippen molar-refractivity contribution in [1.29, 1.82) is 5.26 Å². The Labute approximate surface area is 180 Å². The maximum atomic E-state index is 12.4. The molecule has 7 heteroatoms. The van der Waals surface area contributed by atoms with Crippen LogP contribution in [-0.4, -0.2) is 23.5 Å². The van der Waals surface area contributed by atoms with Gasteiger partial charge in [-0.25, -0.2) is 0 Å². The van der Waals surface area contributed by atoms with Crippen LogP contribution in [0.5, 0.6) is 5.75 Å². The second-order valence-electron chi connectivity index (χ2n) is 6.80. The van der Waals surface area contributed by atoms with Crippen LogP contribution in [0.15, 0.2) is 66.2 Å². The first-order valence-electron chi connectivity index (χ1n) is 9.55. The molecule has 7 nitrogen and oxygen atoms in total. The van der Waals surface area contributed by atoms with Gasteiger partial charge in [0.25, 0.3) is 11.8 Å². The first-order chi connectivity index (χ1) is 14.9. The molecule has 0 unspecified atom stereocenters. The minimum atomic E-state index is -0.693. The number of amides is 2. The van der Waals surface area contributed by atoms with Gasteiger partial charge in [-0.15, -0.1) is 0 Å². The molecule has 0 aliphatic rings. The summed E-state index contributed by atoms with van der Waals surface area (Å²) in [5, 5.41) is 9.47. The molecule has 2 aromatic carbocycles. The summed E-state index contributed by atoms with van der Waals surface area (Å²) in [7, 11) is 1.61. The molecule has 0 aliphatic carbocycles. The van der Waals surface area contributed by atoms with Crippen LogP contribution in [0.3, 0.4) is 0 Å². The number of carbonyl (C=O) groups is 2. The Kier molecular flexibility index (Phi) is 6.53. The van der Waals surface area contributed by atoms with E-state index in [1.807, 2.05) is 54.8 Å². The van der Waals surface area contributed by atoms with Crippen molar-refractivity contribution in [2.75, 3.05) is 7.11 Å². The number of aromatic nitrogens is 1. The lowest BCUT2D eigenvalue weighted by Crippen LogP contribution is -2.42. The minimum absolute atomic E-state index is 0.122. The Morgan fingerprint density at radius 3 is 2.32 bits per heavy atom. The highest BCUT2D eigenvalue weighted by Gasteiger charge is 2.15. The molecule has 0 aliphatic heterocycles. The van der Waals surface area contributed by atoms with Gasteiger partial charge < -0.3 is 9.30 Å². The molecule has 2 amide bonds. The van der Waals surface area contributed by atoms with Gasteiger partial charge >= 0.3 is 0 Å². The molecule has 0 bridgehead atoms. The van der Waals surface area contributed by atoms with E-state index >= 15 is 0 Å². The number of hydrogen-bond acceptors (Lipinski definition) is 4. The fourth-order valence-corrected chi connectivity index (χ4v) is 3.21. The molecular formula is C24H22N4O3. The SMILES string of the molecule is COc1ccc(-n2c(C)cc(/C=C(\C#N)C(=O)NNC(=O)c3ccccc3)c2C)cc1. The number of ether oxygens (including phenoxy) is 1. The highest BCUT2D eigenvalue weighted by Crippen LogP contribution is 2.24. The molecule has 3 aromatic rings. The van der Waals surface area contributed by atoms with Gasteiger partial charge in [0.15, 0.2) is 0 Å². The summed E-state index contributed by atoms with van der Waals surface area (Å²) in [5.41, 5.74) is 8.37. The number of methoxy groups -OCH3 is 1. The predicted octanol–water partition coefficient (Wildman–Crippen LogP) is 3.47. The molecule has 1 heterocycles. The molecule has 31 heavy (non-hydrogen) atoms. The molecule has 0 fully saturated rings. The molecule has 0 saturated carbocycles. The average molecular weight is 414 g/mol. The zero-order valence-corrected chi connectivity index (χ0v) is 17.5. The van der Waals surface area contributed by atoms with Crippen molar-refractivity contribution in [1.82, 2.24) is 15.4 Å². The van der Waals surface area contributed by atoms with E-state index < -0.39 is 11.8 Å². The summed E-state index contributed by atoms with van der Waals surface area (Å²) in [6.07, 6.45) is 1.51. The third-order valence-corrected chi connectivity index (χ3v) is 4.79. The lowest BCUT2D eigenvalue weighted by atomic mass is 10.1. The molecule has 156 valence electrons. The van der Waals surface area contributed by atoms with Gasteiger partial charge in [0.05, 0.1) is 7.11 Å². The number of carbonyl (C=O) groups excluding carboxylic acids is 2. The number of hydrogen-bond donors (Lipinski definition) is 2. The average Bonchev–Trinajstić information content (AvgIpc) is 3.08.